The molecule has 1 N–H and O–H groups in total. The third-order valence-corrected chi connectivity index (χ3v) is 12.9. The number of imide groups is 1. The van der Waals surface area contributed by atoms with Crippen molar-refractivity contribution in [2.45, 2.75) is 90.4 Å². The lowest BCUT2D eigenvalue weighted by molar-refractivity contribution is -0.137. The summed E-state index contributed by atoms with van der Waals surface area (Å²) in [6.07, 6.45) is 0.593. The molecule has 0 saturated carbocycles. The first-order valence-corrected chi connectivity index (χ1v) is 17.4. The number of hydrogen-bond acceptors (Lipinski definition) is 6. The Kier molecular flexibility index (Phi) is 11.5. The minimum atomic E-state index is -1.93. The number of amides is 2. The van der Waals surface area contributed by atoms with Crippen LogP contribution in [0.25, 0.3) is 0 Å². The maximum atomic E-state index is 13.5. The van der Waals surface area contributed by atoms with Crippen molar-refractivity contribution in [3.63, 3.8) is 0 Å². The molecule has 0 bridgehead atoms. The number of benzene rings is 2. The average molecular weight is 582 g/mol. The molecular formula is C33H47NO6Si. The standard InChI is InChI=1S/C33H47NO6Si/c1-24(18-19-40-41(6,7)33(3,4)5)30(38-22-27-16-12-9-13-17-27)21-29(35)25(2)31(36)34-28(23-39-32(34)37)20-26-14-10-8-11-15-26/h8-18,25,28-30,35H,19-23H2,1-7H3/t25-,28-,29+,30-/m0/s1. The van der Waals surface area contributed by atoms with Crippen LogP contribution in [-0.2, 0) is 31.7 Å². The number of carbonyl (C=O) groups excluding carboxylic acids is 2. The van der Waals surface area contributed by atoms with E-state index in [2.05, 4.69) is 33.9 Å². The molecule has 2 amide bonds. The van der Waals surface area contributed by atoms with Crippen molar-refractivity contribution in [2.24, 2.45) is 5.92 Å². The molecule has 2 aromatic rings. The van der Waals surface area contributed by atoms with Gasteiger partial charge in [0, 0.05) is 6.42 Å². The van der Waals surface area contributed by atoms with E-state index in [1.165, 1.54) is 4.90 Å². The monoisotopic (exact) mass is 581 g/mol. The third-order valence-electron chi connectivity index (χ3n) is 8.39. The summed E-state index contributed by atoms with van der Waals surface area (Å²) in [6, 6.07) is 19.1. The van der Waals surface area contributed by atoms with Crippen molar-refractivity contribution in [1.82, 2.24) is 4.90 Å². The molecule has 0 aliphatic carbocycles. The number of ether oxygens (including phenoxy) is 2. The van der Waals surface area contributed by atoms with E-state index in [0.29, 0.717) is 19.6 Å². The van der Waals surface area contributed by atoms with Crippen molar-refractivity contribution >= 4 is 20.3 Å². The van der Waals surface area contributed by atoms with Gasteiger partial charge in [-0.25, -0.2) is 9.69 Å². The second-order valence-electron chi connectivity index (χ2n) is 12.5. The highest BCUT2D eigenvalue weighted by Crippen LogP contribution is 2.36. The minimum Gasteiger partial charge on any atom is -0.447 e. The quantitative estimate of drug-likeness (QED) is 0.214. The maximum Gasteiger partial charge on any atom is 0.416 e. The van der Waals surface area contributed by atoms with Gasteiger partial charge in [-0.1, -0.05) is 94.4 Å². The topological polar surface area (TPSA) is 85.3 Å². The highest BCUT2D eigenvalue weighted by molar-refractivity contribution is 6.74. The van der Waals surface area contributed by atoms with Crippen LogP contribution in [0.15, 0.2) is 72.3 Å². The maximum absolute atomic E-state index is 13.5. The van der Waals surface area contributed by atoms with E-state index in [4.69, 9.17) is 13.9 Å². The fraction of sp³-hybridized carbons (Fsp3) is 0.515. The predicted octanol–water partition coefficient (Wildman–Crippen LogP) is 6.52. The van der Waals surface area contributed by atoms with Crippen LogP contribution in [0.1, 0.15) is 52.2 Å². The van der Waals surface area contributed by atoms with Gasteiger partial charge in [0.25, 0.3) is 0 Å². The molecule has 1 aliphatic rings. The van der Waals surface area contributed by atoms with Crippen LogP contribution in [0.4, 0.5) is 4.79 Å². The van der Waals surface area contributed by atoms with E-state index in [0.717, 1.165) is 16.7 Å². The van der Waals surface area contributed by atoms with E-state index < -0.39 is 44.5 Å². The van der Waals surface area contributed by atoms with E-state index in [9.17, 15) is 14.7 Å². The van der Waals surface area contributed by atoms with E-state index in [-0.39, 0.29) is 18.1 Å². The Morgan fingerprint density at radius 3 is 2.27 bits per heavy atom. The molecule has 0 spiro atoms. The molecule has 1 saturated heterocycles. The number of rotatable bonds is 13. The van der Waals surface area contributed by atoms with Crippen LogP contribution in [0.5, 0.6) is 0 Å². The number of nitrogens with zero attached hydrogens (tertiary/aromatic N) is 1. The van der Waals surface area contributed by atoms with Gasteiger partial charge in [0.15, 0.2) is 8.32 Å². The van der Waals surface area contributed by atoms with Gasteiger partial charge in [0.05, 0.1) is 37.4 Å². The Balaban J connectivity index is 1.71. The van der Waals surface area contributed by atoms with Gasteiger partial charge in [-0.2, -0.15) is 0 Å². The number of carbonyl (C=O) groups is 2. The summed E-state index contributed by atoms with van der Waals surface area (Å²) in [5.74, 6) is -1.26. The van der Waals surface area contributed by atoms with Gasteiger partial charge >= 0.3 is 6.09 Å². The smallest absolute Gasteiger partial charge is 0.416 e. The molecule has 0 unspecified atom stereocenters. The highest BCUT2D eigenvalue weighted by atomic mass is 28.4. The lowest BCUT2D eigenvalue weighted by Crippen LogP contribution is -2.46. The Morgan fingerprint density at radius 2 is 1.68 bits per heavy atom. The van der Waals surface area contributed by atoms with Gasteiger partial charge in [-0.3, -0.25) is 4.79 Å². The summed E-state index contributed by atoms with van der Waals surface area (Å²) in [4.78, 5) is 27.2. The SMILES string of the molecule is CC(=CCO[Si](C)(C)C(C)(C)C)[C@H](C[C@@H](O)[C@H](C)C(=O)N1C(=O)OC[C@@H]1Cc1ccccc1)OCc1ccccc1. The molecule has 224 valence electrons. The first-order valence-electron chi connectivity index (χ1n) is 14.5. The van der Waals surface area contributed by atoms with Gasteiger partial charge in [0.1, 0.15) is 6.61 Å². The minimum absolute atomic E-state index is 0.0963. The lowest BCUT2D eigenvalue weighted by Gasteiger charge is -2.36. The number of hydrogen-bond donors (Lipinski definition) is 1. The van der Waals surface area contributed by atoms with Crippen LogP contribution in [-0.4, -0.2) is 61.8 Å². The molecule has 1 heterocycles. The van der Waals surface area contributed by atoms with Crippen LogP contribution < -0.4 is 0 Å². The van der Waals surface area contributed by atoms with Crippen molar-refractivity contribution in [1.29, 1.82) is 0 Å². The average Bonchev–Trinajstić information content (AvgIpc) is 3.29. The van der Waals surface area contributed by atoms with Gasteiger partial charge in [-0.15, -0.1) is 0 Å². The zero-order valence-electron chi connectivity index (χ0n) is 25.6. The summed E-state index contributed by atoms with van der Waals surface area (Å²) in [6.45, 7) is 15.6. The number of cyclic esters (lactones) is 1. The Hall–Kier alpha value is -2.78. The van der Waals surface area contributed by atoms with Crippen molar-refractivity contribution in [3.05, 3.63) is 83.4 Å². The highest BCUT2D eigenvalue weighted by Gasteiger charge is 2.42. The number of aliphatic hydroxyl groups excluding tert-OH is 1. The molecule has 41 heavy (non-hydrogen) atoms. The van der Waals surface area contributed by atoms with Crippen LogP contribution >= 0.6 is 0 Å². The predicted molar refractivity (Wildman–Crippen MR) is 164 cm³/mol. The summed E-state index contributed by atoms with van der Waals surface area (Å²) < 4.78 is 17.9. The van der Waals surface area contributed by atoms with Gasteiger partial charge < -0.3 is 19.0 Å². The van der Waals surface area contributed by atoms with E-state index >= 15 is 0 Å². The van der Waals surface area contributed by atoms with Crippen molar-refractivity contribution in [2.75, 3.05) is 13.2 Å². The van der Waals surface area contributed by atoms with Crippen molar-refractivity contribution < 1.29 is 28.6 Å². The van der Waals surface area contributed by atoms with Crippen LogP contribution in [0.2, 0.25) is 18.1 Å². The normalized spacial score (nSPS) is 18.6. The fourth-order valence-electron chi connectivity index (χ4n) is 4.46. The lowest BCUT2D eigenvalue weighted by atomic mass is 9.94. The van der Waals surface area contributed by atoms with Gasteiger partial charge in [-0.05, 0) is 48.2 Å². The zero-order chi connectivity index (χ0) is 30.2. The third kappa shape index (κ3) is 9.10. The summed E-state index contributed by atoms with van der Waals surface area (Å²) >= 11 is 0. The Morgan fingerprint density at radius 1 is 1.10 bits per heavy atom. The molecule has 1 fully saturated rings. The second kappa shape index (κ2) is 14.4. The summed E-state index contributed by atoms with van der Waals surface area (Å²) in [5, 5.41) is 11.4. The molecule has 7 nitrogen and oxygen atoms in total. The Bertz CT molecular complexity index is 1160. The van der Waals surface area contributed by atoms with E-state index in [1.807, 2.05) is 73.7 Å². The summed E-state index contributed by atoms with van der Waals surface area (Å²) in [5.41, 5.74) is 2.96. The van der Waals surface area contributed by atoms with Crippen LogP contribution in [0, 0.1) is 5.92 Å². The second-order valence-corrected chi connectivity index (χ2v) is 17.3. The van der Waals surface area contributed by atoms with E-state index in [1.54, 1.807) is 6.92 Å². The van der Waals surface area contributed by atoms with Crippen LogP contribution in [0.3, 0.4) is 0 Å². The first-order chi connectivity index (χ1) is 19.3. The van der Waals surface area contributed by atoms with Gasteiger partial charge in [0.2, 0.25) is 5.91 Å². The Labute approximate surface area is 246 Å². The first kappa shape index (κ1) is 32.7. The van der Waals surface area contributed by atoms with Crippen molar-refractivity contribution in [3.8, 4) is 0 Å². The molecule has 0 radical (unpaired) electrons. The number of aliphatic hydroxyl groups is 1. The largest absolute Gasteiger partial charge is 0.447 e. The fourth-order valence-corrected chi connectivity index (χ4v) is 5.39. The molecule has 3 rings (SSSR count). The molecular weight excluding hydrogens is 534 g/mol. The summed E-state index contributed by atoms with van der Waals surface area (Å²) in [7, 11) is -1.93. The molecule has 8 heteroatoms. The zero-order valence-corrected chi connectivity index (χ0v) is 26.6. The molecule has 2 aromatic carbocycles. The molecule has 1 aliphatic heterocycles. The molecule has 0 aromatic heterocycles. The molecule has 4 atom stereocenters.